The molecule has 1 unspecified atom stereocenters. The van der Waals surface area contributed by atoms with Crippen LogP contribution in [0.2, 0.25) is 0 Å². The largest absolute Gasteiger partial charge is 0.309 e. The standard InChI is InChI=1S/C19H22BrN/c1-13-10-11-18(20)17(12-13)19(21-2)16-9-4-3-8-15(16)14-6-5-7-14/h3-4,8-12,14,19,21H,5-7H2,1-2H3. The van der Waals surface area contributed by atoms with Crippen molar-refractivity contribution in [2.75, 3.05) is 7.05 Å². The summed E-state index contributed by atoms with van der Waals surface area (Å²) in [5.74, 6) is 0.751. The van der Waals surface area contributed by atoms with Crippen LogP contribution in [0, 0.1) is 6.92 Å². The van der Waals surface area contributed by atoms with Gasteiger partial charge >= 0.3 is 0 Å². The molecule has 1 nitrogen and oxygen atoms in total. The van der Waals surface area contributed by atoms with Gasteiger partial charge in [-0.05, 0) is 55.5 Å². The van der Waals surface area contributed by atoms with Crippen LogP contribution < -0.4 is 5.32 Å². The van der Waals surface area contributed by atoms with Gasteiger partial charge in [0.15, 0.2) is 0 Å². The lowest BCUT2D eigenvalue weighted by atomic mass is 9.76. The molecule has 110 valence electrons. The summed E-state index contributed by atoms with van der Waals surface area (Å²) in [6.07, 6.45) is 4.04. The van der Waals surface area contributed by atoms with Gasteiger partial charge < -0.3 is 5.32 Å². The van der Waals surface area contributed by atoms with E-state index in [1.165, 1.54) is 46.0 Å². The molecule has 0 spiro atoms. The summed E-state index contributed by atoms with van der Waals surface area (Å²) in [4.78, 5) is 0. The maximum atomic E-state index is 3.72. The minimum Gasteiger partial charge on any atom is -0.309 e. The molecular formula is C19H22BrN. The van der Waals surface area contributed by atoms with Gasteiger partial charge in [-0.1, -0.05) is 64.3 Å². The molecule has 1 atom stereocenters. The summed E-state index contributed by atoms with van der Waals surface area (Å²) in [6.45, 7) is 2.15. The highest BCUT2D eigenvalue weighted by Crippen LogP contribution is 2.41. The second-order valence-electron chi connectivity index (χ2n) is 6.00. The van der Waals surface area contributed by atoms with Crippen molar-refractivity contribution < 1.29 is 0 Å². The Hall–Kier alpha value is -1.12. The van der Waals surface area contributed by atoms with Crippen molar-refractivity contribution in [3.05, 3.63) is 69.2 Å². The van der Waals surface area contributed by atoms with Crippen molar-refractivity contribution in [3.63, 3.8) is 0 Å². The first-order valence-corrected chi connectivity index (χ1v) is 8.52. The smallest absolute Gasteiger partial charge is 0.0588 e. The molecule has 0 heterocycles. The molecule has 1 fully saturated rings. The number of hydrogen-bond donors (Lipinski definition) is 1. The fraction of sp³-hybridized carbons (Fsp3) is 0.368. The van der Waals surface area contributed by atoms with Crippen molar-refractivity contribution in [1.82, 2.24) is 5.32 Å². The lowest BCUT2D eigenvalue weighted by Crippen LogP contribution is -2.22. The summed E-state index contributed by atoms with van der Waals surface area (Å²) in [5.41, 5.74) is 5.58. The van der Waals surface area contributed by atoms with Crippen LogP contribution in [-0.2, 0) is 0 Å². The molecule has 21 heavy (non-hydrogen) atoms. The number of halogens is 1. The average Bonchev–Trinajstić information content (AvgIpc) is 2.43. The quantitative estimate of drug-likeness (QED) is 0.790. The van der Waals surface area contributed by atoms with E-state index in [0.29, 0.717) is 0 Å². The first kappa shape index (κ1) is 14.8. The maximum absolute atomic E-state index is 3.72. The molecule has 2 heteroatoms. The van der Waals surface area contributed by atoms with Crippen LogP contribution in [0.25, 0.3) is 0 Å². The number of benzene rings is 2. The van der Waals surface area contributed by atoms with Gasteiger partial charge in [0, 0.05) is 4.47 Å². The monoisotopic (exact) mass is 343 g/mol. The zero-order valence-electron chi connectivity index (χ0n) is 12.7. The zero-order valence-corrected chi connectivity index (χ0v) is 14.3. The van der Waals surface area contributed by atoms with Crippen molar-refractivity contribution in [2.45, 2.75) is 38.1 Å². The van der Waals surface area contributed by atoms with Gasteiger partial charge in [0.2, 0.25) is 0 Å². The Labute approximate surface area is 135 Å². The number of rotatable bonds is 4. The predicted molar refractivity (Wildman–Crippen MR) is 92.8 cm³/mol. The van der Waals surface area contributed by atoms with Gasteiger partial charge in [0.05, 0.1) is 6.04 Å². The SMILES string of the molecule is CNC(c1cc(C)ccc1Br)c1ccccc1C1CCC1. The predicted octanol–water partition coefficient (Wildman–Crippen LogP) is 5.33. The molecule has 3 rings (SSSR count). The fourth-order valence-electron chi connectivity index (χ4n) is 3.23. The first-order chi connectivity index (χ1) is 10.2. The van der Waals surface area contributed by atoms with Crippen LogP contribution in [0.5, 0.6) is 0 Å². The van der Waals surface area contributed by atoms with E-state index < -0.39 is 0 Å². The molecule has 1 aliphatic carbocycles. The molecule has 0 bridgehead atoms. The topological polar surface area (TPSA) is 12.0 Å². The van der Waals surface area contributed by atoms with Gasteiger partial charge in [-0.2, -0.15) is 0 Å². The molecule has 1 aliphatic rings. The third-order valence-electron chi connectivity index (χ3n) is 4.60. The maximum Gasteiger partial charge on any atom is 0.0588 e. The molecular weight excluding hydrogens is 322 g/mol. The Balaban J connectivity index is 2.06. The summed E-state index contributed by atoms with van der Waals surface area (Å²) in [5, 5.41) is 3.52. The highest BCUT2D eigenvalue weighted by molar-refractivity contribution is 9.10. The molecule has 1 N–H and O–H groups in total. The van der Waals surface area contributed by atoms with E-state index in [1.807, 2.05) is 0 Å². The van der Waals surface area contributed by atoms with Crippen molar-refractivity contribution in [1.29, 1.82) is 0 Å². The van der Waals surface area contributed by atoms with Gasteiger partial charge in [0.1, 0.15) is 0 Å². The lowest BCUT2D eigenvalue weighted by molar-refractivity contribution is 0.415. The molecule has 0 radical (unpaired) electrons. The molecule has 2 aromatic carbocycles. The number of aryl methyl sites for hydroxylation is 1. The second kappa shape index (κ2) is 6.33. The van der Waals surface area contributed by atoms with E-state index in [2.05, 4.69) is 77.7 Å². The van der Waals surface area contributed by atoms with Gasteiger partial charge in [0.25, 0.3) is 0 Å². The van der Waals surface area contributed by atoms with Gasteiger partial charge in [-0.15, -0.1) is 0 Å². The summed E-state index contributed by atoms with van der Waals surface area (Å²) >= 11 is 3.72. The third kappa shape index (κ3) is 2.93. The van der Waals surface area contributed by atoms with E-state index >= 15 is 0 Å². The van der Waals surface area contributed by atoms with Crippen LogP contribution in [0.4, 0.5) is 0 Å². The molecule has 1 saturated carbocycles. The summed E-state index contributed by atoms with van der Waals surface area (Å²) in [6, 6.07) is 15.8. The lowest BCUT2D eigenvalue weighted by Gasteiger charge is -2.31. The average molecular weight is 344 g/mol. The third-order valence-corrected chi connectivity index (χ3v) is 5.33. The van der Waals surface area contributed by atoms with E-state index in [9.17, 15) is 0 Å². The second-order valence-corrected chi connectivity index (χ2v) is 6.86. The Morgan fingerprint density at radius 3 is 2.52 bits per heavy atom. The Bertz CT molecular complexity index is 631. The molecule has 0 aliphatic heterocycles. The number of hydrogen-bond acceptors (Lipinski definition) is 1. The van der Waals surface area contributed by atoms with E-state index in [1.54, 1.807) is 0 Å². The van der Waals surface area contributed by atoms with Crippen molar-refractivity contribution >= 4 is 15.9 Å². The highest BCUT2D eigenvalue weighted by Gasteiger charge is 2.25. The molecule has 2 aromatic rings. The van der Waals surface area contributed by atoms with Crippen LogP contribution in [0.15, 0.2) is 46.9 Å². The number of nitrogens with one attached hydrogen (secondary N) is 1. The van der Waals surface area contributed by atoms with E-state index in [4.69, 9.17) is 0 Å². The van der Waals surface area contributed by atoms with Crippen LogP contribution in [-0.4, -0.2) is 7.05 Å². The Morgan fingerprint density at radius 1 is 1.10 bits per heavy atom. The molecule has 0 saturated heterocycles. The van der Waals surface area contributed by atoms with Gasteiger partial charge in [-0.25, -0.2) is 0 Å². The Morgan fingerprint density at radius 2 is 1.86 bits per heavy atom. The normalized spacial score (nSPS) is 16.5. The highest BCUT2D eigenvalue weighted by atomic mass is 79.9. The minimum absolute atomic E-state index is 0.246. The Kier molecular flexibility index (Phi) is 4.46. The summed E-state index contributed by atoms with van der Waals surface area (Å²) in [7, 11) is 2.05. The fourth-order valence-corrected chi connectivity index (χ4v) is 3.70. The van der Waals surface area contributed by atoms with E-state index in [-0.39, 0.29) is 6.04 Å². The first-order valence-electron chi connectivity index (χ1n) is 7.73. The zero-order chi connectivity index (χ0) is 14.8. The molecule has 0 aromatic heterocycles. The van der Waals surface area contributed by atoms with Gasteiger partial charge in [-0.3, -0.25) is 0 Å². The minimum atomic E-state index is 0.246. The van der Waals surface area contributed by atoms with E-state index in [0.717, 1.165) is 5.92 Å². The van der Waals surface area contributed by atoms with Crippen molar-refractivity contribution in [3.8, 4) is 0 Å². The summed E-state index contributed by atoms with van der Waals surface area (Å²) < 4.78 is 1.18. The van der Waals surface area contributed by atoms with Crippen molar-refractivity contribution in [2.24, 2.45) is 0 Å². The van der Waals surface area contributed by atoms with Crippen LogP contribution in [0.1, 0.15) is 53.5 Å². The molecule has 0 amide bonds. The van der Waals surface area contributed by atoms with Crippen LogP contribution >= 0.6 is 15.9 Å². The van der Waals surface area contributed by atoms with Crippen LogP contribution in [0.3, 0.4) is 0 Å².